The van der Waals surface area contributed by atoms with Crippen molar-refractivity contribution >= 4 is 16.9 Å². The smallest absolute Gasteiger partial charge is 0.314 e. The highest BCUT2D eigenvalue weighted by molar-refractivity contribution is 5.84. The largest absolute Gasteiger partial charge is 0.481 e. The molecule has 5 rings (SSSR count). The number of rotatable bonds is 4. The molecular weight excluding hydrogens is 426 g/mol. The second-order valence-electron chi connectivity index (χ2n) is 9.81. The van der Waals surface area contributed by atoms with Gasteiger partial charge < -0.3 is 9.84 Å². The lowest BCUT2D eigenvalue weighted by Crippen LogP contribution is -2.36. The maximum Gasteiger partial charge on any atom is 0.314 e. The quantitative estimate of drug-likeness (QED) is 0.542. The molecule has 1 saturated heterocycles. The second kappa shape index (κ2) is 7.90. The van der Waals surface area contributed by atoms with Gasteiger partial charge in [-0.15, -0.1) is 0 Å². The van der Waals surface area contributed by atoms with Gasteiger partial charge in [0.15, 0.2) is 12.0 Å². The van der Waals surface area contributed by atoms with Gasteiger partial charge in [-0.05, 0) is 73.6 Å². The van der Waals surface area contributed by atoms with Gasteiger partial charge in [0.25, 0.3) is 0 Å². The van der Waals surface area contributed by atoms with E-state index in [1.807, 2.05) is 13.0 Å². The van der Waals surface area contributed by atoms with Crippen LogP contribution in [0.25, 0.3) is 10.9 Å². The van der Waals surface area contributed by atoms with Crippen LogP contribution in [0.2, 0.25) is 0 Å². The molecule has 1 N–H and O–H groups in total. The van der Waals surface area contributed by atoms with E-state index in [0.717, 1.165) is 19.3 Å². The lowest BCUT2D eigenvalue weighted by atomic mass is 9.72. The minimum Gasteiger partial charge on any atom is -0.481 e. The number of nitrogens with zero attached hydrogens (tertiary/aromatic N) is 2. The molecule has 2 fully saturated rings. The Balaban J connectivity index is 1.59. The Morgan fingerprint density at radius 1 is 1.18 bits per heavy atom. The average molecular weight is 455 g/mol. The summed E-state index contributed by atoms with van der Waals surface area (Å²) in [5.74, 6) is -1.80. The Kier molecular flexibility index (Phi) is 5.27. The van der Waals surface area contributed by atoms with Crippen LogP contribution in [0.15, 0.2) is 36.5 Å². The first-order chi connectivity index (χ1) is 15.8. The number of carbonyl (C=O) groups is 1. The maximum atomic E-state index is 16.1. The third-order valence-electron chi connectivity index (χ3n) is 7.76. The van der Waals surface area contributed by atoms with Crippen LogP contribution in [0.5, 0.6) is 0 Å². The molecule has 0 radical (unpaired) electrons. The molecule has 3 atom stereocenters. The van der Waals surface area contributed by atoms with Crippen molar-refractivity contribution in [3.05, 3.63) is 64.9 Å². The summed E-state index contributed by atoms with van der Waals surface area (Å²) in [5.41, 5.74) is -0.305. The molecule has 1 aliphatic heterocycles. The Labute approximate surface area is 191 Å². The summed E-state index contributed by atoms with van der Waals surface area (Å²) >= 11 is 0. The van der Waals surface area contributed by atoms with Gasteiger partial charge in [0.1, 0.15) is 11.3 Å². The molecule has 7 heteroatoms. The van der Waals surface area contributed by atoms with Crippen LogP contribution in [0.1, 0.15) is 68.4 Å². The highest BCUT2D eigenvalue weighted by atomic mass is 19.1. The van der Waals surface area contributed by atoms with Crippen LogP contribution in [-0.4, -0.2) is 27.5 Å². The molecule has 1 aromatic heterocycles. The molecule has 33 heavy (non-hydrogen) atoms. The van der Waals surface area contributed by atoms with Crippen LogP contribution in [-0.2, 0) is 20.4 Å². The van der Waals surface area contributed by atoms with Crippen molar-refractivity contribution in [1.29, 1.82) is 0 Å². The molecule has 174 valence electrons. The molecule has 1 saturated carbocycles. The monoisotopic (exact) mass is 454 g/mol. The van der Waals surface area contributed by atoms with E-state index < -0.39 is 22.6 Å². The Morgan fingerprint density at radius 2 is 2.00 bits per heavy atom. The van der Waals surface area contributed by atoms with E-state index in [-0.39, 0.29) is 18.5 Å². The van der Waals surface area contributed by atoms with Gasteiger partial charge >= 0.3 is 5.97 Å². The van der Waals surface area contributed by atoms with Gasteiger partial charge in [-0.1, -0.05) is 31.2 Å². The molecule has 1 unspecified atom stereocenters. The topological polar surface area (TPSA) is 64.3 Å². The van der Waals surface area contributed by atoms with E-state index >= 15 is 4.39 Å². The molecule has 5 nitrogen and oxygen atoms in total. The van der Waals surface area contributed by atoms with Crippen LogP contribution < -0.4 is 0 Å². The summed E-state index contributed by atoms with van der Waals surface area (Å²) in [6.45, 7) is 4.15. The minimum absolute atomic E-state index is 0.191. The second-order valence-corrected chi connectivity index (χ2v) is 9.81. The number of aromatic nitrogens is 2. The minimum atomic E-state index is -1.27. The third kappa shape index (κ3) is 3.36. The lowest BCUT2D eigenvalue weighted by molar-refractivity contribution is -0.143. The molecular formula is C26H28F2N2O3. The first-order valence-electron chi connectivity index (χ1n) is 11.5. The van der Waals surface area contributed by atoms with Crippen molar-refractivity contribution in [1.82, 2.24) is 9.78 Å². The number of hydrogen-bond donors (Lipinski definition) is 1. The molecule has 1 aliphatic carbocycles. The van der Waals surface area contributed by atoms with E-state index in [0.29, 0.717) is 47.0 Å². The predicted octanol–water partition coefficient (Wildman–Crippen LogP) is 5.79. The van der Waals surface area contributed by atoms with Crippen LogP contribution >= 0.6 is 0 Å². The van der Waals surface area contributed by atoms with Crippen molar-refractivity contribution in [2.24, 2.45) is 0 Å². The number of aliphatic carboxylic acids is 1. The van der Waals surface area contributed by atoms with Crippen LogP contribution in [0.4, 0.5) is 8.78 Å². The van der Waals surface area contributed by atoms with Crippen molar-refractivity contribution in [2.75, 3.05) is 6.61 Å². The third-order valence-corrected chi connectivity index (χ3v) is 7.76. The molecule has 3 aromatic rings. The number of benzene rings is 2. The number of halogens is 2. The number of fused-ring (bicyclic) bond motifs is 1. The fraction of sp³-hybridized carbons (Fsp3) is 0.462. The number of carboxylic acid groups (broad SMARTS) is 1. The van der Waals surface area contributed by atoms with Crippen molar-refractivity contribution in [3.8, 4) is 0 Å². The van der Waals surface area contributed by atoms with Gasteiger partial charge in [0.2, 0.25) is 0 Å². The van der Waals surface area contributed by atoms with E-state index in [4.69, 9.17) is 4.74 Å². The van der Waals surface area contributed by atoms with E-state index in [1.54, 1.807) is 36.0 Å². The Morgan fingerprint density at radius 3 is 2.73 bits per heavy atom. The zero-order valence-electron chi connectivity index (χ0n) is 18.9. The Bertz CT molecular complexity index is 1230. The summed E-state index contributed by atoms with van der Waals surface area (Å²) in [7, 11) is 0. The standard InChI is InChI=1S/C26H28F2N2O3/c1-16-18(6-5-7-20(16)27)26(24(31)32)12-11-25(2,15-26)19-10-9-17-14-29-30(23(17)22(19)28)21-8-3-4-13-33-21/h5-7,9-10,14,21H,3-4,8,11-13,15H2,1-2H3,(H,31,32)/t21?,25-,26+/m1/s1. The normalized spacial score (nSPS) is 27.8. The van der Waals surface area contributed by atoms with Gasteiger partial charge in [0.05, 0.1) is 11.6 Å². The molecule has 0 spiro atoms. The molecule has 2 aliphatic rings. The zero-order valence-corrected chi connectivity index (χ0v) is 18.9. The zero-order chi connectivity index (χ0) is 23.4. The van der Waals surface area contributed by atoms with E-state index in [2.05, 4.69) is 5.10 Å². The summed E-state index contributed by atoms with van der Waals surface area (Å²) in [6.07, 6.45) is 5.09. The van der Waals surface area contributed by atoms with Gasteiger partial charge in [-0.2, -0.15) is 5.10 Å². The van der Waals surface area contributed by atoms with Gasteiger partial charge in [-0.25, -0.2) is 13.5 Å². The number of hydrogen-bond acceptors (Lipinski definition) is 3. The summed E-state index contributed by atoms with van der Waals surface area (Å²) in [4.78, 5) is 12.6. The first-order valence-corrected chi connectivity index (χ1v) is 11.5. The Hall–Kier alpha value is -2.80. The fourth-order valence-electron chi connectivity index (χ4n) is 5.92. The molecule has 0 amide bonds. The highest BCUT2D eigenvalue weighted by Gasteiger charge is 2.54. The summed E-state index contributed by atoms with van der Waals surface area (Å²) in [6, 6.07) is 8.17. The van der Waals surface area contributed by atoms with Gasteiger partial charge in [-0.3, -0.25) is 4.79 Å². The van der Waals surface area contributed by atoms with E-state index in [1.165, 1.54) is 6.07 Å². The maximum absolute atomic E-state index is 16.1. The number of ether oxygens (including phenoxy) is 1. The number of carboxylic acids is 1. The molecule has 0 bridgehead atoms. The summed E-state index contributed by atoms with van der Waals surface area (Å²) in [5, 5.41) is 15.4. The van der Waals surface area contributed by atoms with Crippen molar-refractivity contribution in [3.63, 3.8) is 0 Å². The SMILES string of the molecule is Cc1c(F)cccc1[C@]1(C(=O)O)CC[C@@](C)(c2ccc3cnn(C4CCCCO4)c3c2F)C1. The molecule has 2 heterocycles. The fourth-order valence-corrected chi connectivity index (χ4v) is 5.92. The van der Waals surface area contributed by atoms with Crippen LogP contribution in [0, 0.1) is 18.6 Å². The van der Waals surface area contributed by atoms with Gasteiger partial charge in [0, 0.05) is 12.0 Å². The van der Waals surface area contributed by atoms with E-state index in [9.17, 15) is 14.3 Å². The first kappa shape index (κ1) is 22.0. The summed E-state index contributed by atoms with van der Waals surface area (Å²) < 4.78 is 37.9. The highest BCUT2D eigenvalue weighted by Crippen LogP contribution is 2.54. The lowest BCUT2D eigenvalue weighted by Gasteiger charge is -2.31. The average Bonchev–Trinajstić information content (AvgIpc) is 3.40. The van der Waals surface area contributed by atoms with Crippen molar-refractivity contribution < 1.29 is 23.4 Å². The molecule has 2 aromatic carbocycles. The van der Waals surface area contributed by atoms with Crippen molar-refractivity contribution in [2.45, 2.75) is 69.4 Å². The predicted molar refractivity (Wildman–Crippen MR) is 120 cm³/mol. The van der Waals surface area contributed by atoms with Crippen LogP contribution in [0.3, 0.4) is 0 Å².